The summed E-state index contributed by atoms with van der Waals surface area (Å²) in [5.41, 5.74) is 1.08. The Balaban J connectivity index is 1.90. The molecule has 2 atom stereocenters. The van der Waals surface area contributed by atoms with E-state index in [0.29, 0.717) is 6.42 Å². The lowest BCUT2D eigenvalue weighted by Crippen LogP contribution is -2.42. The third-order valence-electron chi connectivity index (χ3n) is 4.52. The van der Waals surface area contributed by atoms with Crippen LogP contribution in [0.4, 0.5) is 0 Å². The molecule has 0 saturated heterocycles. The number of carbonyl (C=O) groups is 1. The molecule has 1 saturated carbocycles. The molecular formula is C18H18O4. The van der Waals surface area contributed by atoms with Gasteiger partial charge in [-0.05, 0) is 48.2 Å². The minimum Gasteiger partial charge on any atom is -0.497 e. The molecular weight excluding hydrogens is 280 g/mol. The minimum atomic E-state index is -0.962. The van der Waals surface area contributed by atoms with Gasteiger partial charge in [-0.2, -0.15) is 0 Å². The number of rotatable bonds is 4. The molecule has 4 heteroatoms. The van der Waals surface area contributed by atoms with E-state index in [1.165, 1.54) is 12.1 Å². The van der Waals surface area contributed by atoms with Crippen molar-refractivity contribution < 1.29 is 19.7 Å². The van der Waals surface area contributed by atoms with Gasteiger partial charge in [0.25, 0.3) is 0 Å². The first kappa shape index (κ1) is 14.6. The predicted molar refractivity (Wildman–Crippen MR) is 82.3 cm³/mol. The normalized spacial score (nSPS) is 23.6. The highest BCUT2D eigenvalue weighted by Gasteiger charge is 2.47. The van der Waals surface area contributed by atoms with E-state index in [9.17, 15) is 9.90 Å². The largest absolute Gasteiger partial charge is 0.497 e. The molecule has 4 nitrogen and oxygen atoms in total. The van der Waals surface area contributed by atoms with E-state index < -0.39 is 11.6 Å². The highest BCUT2D eigenvalue weighted by atomic mass is 16.5. The molecule has 1 aliphatic carbocycles. The average Bonchev–Trinajstić information content (AvgIpc) is 2.53. The van der Waals surface area contributed by atoms with Gasteiger partial charge in [0.15, 0.2) is 0 Å². The van der Waals surface area contributed by atoms with Gasteiger partial charge in [0.1, 0.15) is 5.75 Å². The first-order chi connectivity index (χ1) is 10.5. The Kier molecular flexibility index (Phi) is 3.62. The van der Waals surface area contributed by atoms with Crippen molar-refractivity contribution in [3.63, 3.8) is 0 Å². The maximum atomic E-state index is 11.0. The zero-order valence-corrected chi connectivity index (χ0v) is 12.3. The molecule has 2 N–H and O–H groups in total. The van der Waals surface area contributed by atoms with Gasteiger partial charge in [-0.25, -0.2) is 4.79 Å². The van der Waals surface area contributed by atoms with E-state index in [1.807, 2.05) is 24.3 Å². The van der Waals surface area contributed by atoms with E-state index in [-0.39, 0.29) is 11.5 Å². The summed E-state index contributed by atoms with van der Waals surface area (Å²) in [5, 5.41) is 20.0. The van der Waals surface area contributed by atoms with E-state index in [2.05, 4.69) is 0 Å². The molecule has 0 amide bonds. The van der Waals surface area contributed by atoms with Crippen LogP contribution >= 0.6 is 0 Å². The lowest BCUT2D eigenvalue weighted by molar-refractivity contribution is -0.0645. The maximum absolute atomic E-state index is 11.0. The number of hydrogen-bond acceptors (Lipinski definition) is 3. The van der Waals surface area contributed by atoms with Gasteiger partial charge in [0.2, 0.25) is 0 Å². The van der Waals surface area contributed by atoms with E-state index >= 15 is 0 Å². The third-order valence-corrected chi connectivity index (χ3v) is 4.52. The van der Waals surface area contributed by atoms with Crippen molar-refractivity contribution in [2.75, 3.05) is 7.11 Å². The molecule has 0 spiro atoms. The summed E-state index contributed by atoms with van der Waals surface area (Å²) < 4.78 is 5.24. The highest BCUT2D eigenvalue weighted by molar-refractivity contribution is 5.87. The first-order valence-corrected chi connectivity index (χ1v) is 7.25. The zero-order valence-electron chi connectivity index (χ0n) is 12.3. The third kappa shape index (κ3) is 2.35. The monoisotopic (exact) mass is 298 g/mol. The molecule has 2 aromatic carbocycles. The molecule has 0 aliphatic heterocycles. The fourth-order valence-electron chi connectivity index (χ4n) is 3.11. The Labute approximate surface area is 129 Å². The van der Waals surface area contributed by atoms with Crippen LogP contribution in [0.3, 0.4) is 0 Å². The van der Waals surface area contributed by atoms with Gasteiger partial charge in [0, 0.05) is 5.92 Å². The van der Waals surface area contributed by atoms with Gasteiger partial charge in [-0.3, -0.25) is 0 Å². The Bertz CT molecular complexity index is 692. The quantitative estimate of drug-likeness (QED) is 0.910. The Morgan fingerprint density at radius 1 is 1.23 bits per heavy atom. The van der Waals surface area contributed by atoms with Crippen LogP contribution in [-0.2, 0) is 5.60 Å². The number of methoxy groups -OCH3 is 1. The van der Waals surface area contributed by atoms with Crippen LogP contribution < -0.4 is 4.74 Å². The maximum Gasteiger partial charge on any atom is 0.335 e. The lowest BCUT2D eigenvalue weighted by atomic mass is 9.63. The van der Waals surface area contributed by atoms with Crippen molar-refractivity contribution in [3.05, 3.63) is 65.2 Å². The number of benzene rings is 2. The van der Waals surface area contributed by atoms with Crippen LogP contribution in [0.1, 0.15) is 40.2 Å². The molecule has 0 radical (unpaired) electrons. The number of aromatic carboxylic acids is 1. The Hall–Kier alpha value is -2.33. The van der Waals surface area contributed by atoms with Crippen LogP contribution in [0.15, 0.2) is 48.5 Å². The molecule has 22 heavy (non-hydrogen) atoms. The molecule has 0 aromatic heterocycles. The zero-order chi connectivity index (χ0) is 15.7. The molecule has 0 heterocycles. The summed E-state index contributed by atoms with van der Waals surface area (Å²) in [6, 6.07) is 14.2. The van der Waals surface area contributed by atoms with Crippen molar-refractivity contribution in [2.45, 2.75) is 24.4 Å². The summed E-state index contributed by atoms with van der Waals surface area (Å²) in [7, 11) is 1.62. The number of carboxylic acid groups (broad SMARTS) is 1. The molecule has 0 bridgehead atoms. The molecule has 3 rings (SSSR count). The summed E-state index contributed by atoms with van der Waals surface area (Å²) in [4.78, 5) is 10.9. The molecule has 114 valence electrons. The second-order valence-corrected chi connectivity index (χ2v) is 5.67. The average molecular weight is 298 g/mol. The molecule has 1 aliphatic rings. The van der Waals surface area contributed by atoms with Crippen LogP contribution in [-0.4, -0.2) is 23.3 Å². The molecule has 0 unspecified atom stereocenters. The number of hydrogen-bond donors (Lipinski definition) is 2. The van der Waals surface area contributed by atoms with E-state index in [0.717, 1.165) is 23.3 Å². The topological polar surface area (TPSA) is 66.8 Å². The van der Waals surface area contributed by atoms with Gasteiger partial charge in [0.05, 0.1) is 18.3 Å². The Morgan fingerprint density at radius 2 is 1.95 bits per heavy atom. The minimum absolute atomic E-state index is 0.00159. The predicted octanol–water partition coefficient (Wildman–Crippen LogP) is 3.16. The fourth-order valence-corrected chi connectivity index (χ4v) is 3.11. The molecule has 2 aromatic rings. The van der Waals surface area contributed by atoms with Gasteiger partial charge in [-0.15, -0.1) is 0 Å². The van der Waals surface area contributed by atoms with Crippen molar-refractivity contribution in [2.24, 2.45) is 0 Å². The first-order valence-electron chi connectivity index (χ1n) is 7.25. The number of ether oxygens (including phenoxy) is 1. The molecule has 1 fully saturated rings. The number of carboxylic acids is 1. The van der Waals surface area contributed by atoms with Crippen molar-refractivity contribution >= 4 is 5.97 Å². The van der Waals surface area contributed by atoms with E-state index in [4.69, 9.17) is 9.84 Å². The summed E-state index contributed by atoms with van der Waals surface area (Å²) in [6.07, 6.45) is 1.56. The summed E-state index contributed by atoms with van der Waals surface area (Å²) in [6.45, 7) is 0. The van der Waals surface area contributed by atoms with Gasteiger partial charge < -0.3 is 14.9 Å². The van der Waals surface area contributed by atoms with Gasteiger partial charge >= 0.3 is 5.97 Å². The fraction of sp³-hybridized carbons (Fsp3) is 0.278. The summed E-state index contributed by atoms with van der Waals surface area (Å²) in [5.74, 6) is -0.192. The van der Waals surface area contributed by atoms with Gasteiger partial charge in [-0.1, -0.05) is 24.3 Å². The van der Waals surface area contributed by atoms with Crippen LogP contribution in [0.2, 0.25) is 0 Å². The smallest absolute Gasteiger partial charge is 0.335 e. The van der Waals surface area contributed by atoms with Crippen LogP contribution in [0, 0.1) is 0 Å². The van der Waals surface area contributed by atoms with Crippen LogP contribution in [0.25, 0.3) is 0 Å². The van der Waals surface area contributed by atoms with E-state index in [1.54, 1.807) is 19.2 Å². The van der Waals surface area contributed by atoms with Crippen molar-refractivity contribution in [3.8, 4) is 5.75 Å². The number of aliphatic hydroxyl groups is 1. The SMILES string of the molecule is COc1cccc([C@H]2CC[C@]2(O)c2ccc(C(=O)O)cc2)c1. The second-order valence-electron chi connectivity index (χ2n) is 5.67. The summed E-state index contributed by atoms with van der Waals surface area (Å²) >= 11 is 0. The van der Waals surface area contributed by atoms with Crippen LogP contribution in [0.5, 0.6) is 5.75 Å². The van der Waals surface area contributed by atoms with Crippen molar-refractivity contribution in [1.82, 2.24) is 0 Å². The highest BCUT2D eigenvalue weighted by Crippen LogP contribution is 2.52. The lowest BCUT2D eigenvalue weighted by Gasteiger charge is -2.46. The van der Waals surface area contributed by atoms with Crippen molar-refractivity contribution in [1.29, 1.82) is 0 Å². The Morgan fingerprint density at radius 3 is 2.50 bits per heavy atom. The standard InChI is InChI=1S/C18H18O4/c1-22-15-4-2-3-13(11-15)16-9-10-18(16,21)14-7-5-12(6-8-14)17(19)20/h2-8,11,16,21H,9-10H2,1H3,(H,19,20)/t16-,18+/m1/s1. The second kappa shape index (κ2) is 5.46.